The average Bonchev–Trinajstić information content (AvgIpc) is 3.16. The Kier molecular flexibility index (Phi) is 4.76. The number of ether oxygens (including phenoxy) is 1. The molecule has 1 aliphatic heterocycles. The highest BCUT2D eigenvalue weighted by Crippen LogP contribution is 2.29. The van der Waals surface area contributed by atoms with Crippen molar-refractivity contribution in [2.75, 3.05) is 17.2 Å². The Hall–Kier alpha value is -3.68. The van der Waals surface area contributed by atoms with Gasteiger partial charge < -0.3 is 10.1 Å². The van der Waals surface area contributed by atoms with E-state index in [1.807, 2.05) is 43.3 Å². The summed E-state index contributed by atoms with van der Waals surface area (Å²) in [5.74, 6) is 0.680. The Bertz CT molecular complexity index is 995. The minimum absolute atomic E-state index is 0.0910. The Morgan fingerprint density at radius 2 is 1.96 bits per heavy atom. The summed E-state index contributed by atoms with van der Waals surface area (Å²) in [7, 11) is 0. The van der Waals surface area contributed by atoms with Gasteiger partial charge in [-0.25, -0.2) is 4.68 Å². The number of anilines is 2. The minimum Gasteiger partial charge on any atom is -0.484 e. The largest absolute Gasteiger partial charge is 0.484 e. The summed E-state index contributed by atoms with van der Waals surface area (Å²) in [6, 6.07) is 14.6. The summed E-state index contributed by atoms with van der Waals surface area (Å²) in [5, 5.41) is 9.66. The molecule has 8 nitrogen and oxygen atoms in total. The molecule has 1 atom stereocenters. The molecule has 4 rings (SSSR count). The van der Waals surface area contributed by atoms with Crippen LogP contribution < -0.4 is 15.4 Å². The van der Waals surface area contributed by atoms with Crippen molar-refractivity contribution >= 4 is 23.5 Å². The van der Waals surface area contributed by atoms with Crippen LogP contribution >= 0.6 is 0 Å². The van der Waals surface area contributed by atoms with E-state index in [0.29, 0.717) is 11.7 Å². The predicted octanol–water partition coefficient (Wildman–Crippen LogP) is 2.54. The number of rotatable bonds is 5. The van der Waals surface area contributed by atoms with Gasteiger partial charge in [-0.1, -0.05) is 29.8 Å². The molecule has 2 aromatic carbocycles. The number of fused-ring (bicyclic) bond motifs is 1. The van der Waals surface area contributed by atoms with Crippen LogP contribution in [0, 0.1) is 6.92 Å². The lowest BCUT2D eigenvalue weighted by Gasteiger charge is -2.23. The first-order chi connectivity index (χ1) is 13.6. The number of aromatic nitrogens is 3. The zero-order valence-electron chi connectivity index (χ0n) is 15.3. The quantitative estimate of drug-likeness (QED) is 0.712. The second-order valence-corrected chi connectivity index (χ2v) is 6.57. The SMILES string of the molecule is Cc1ccc(NC(=O)COc2ccc([C@H]3CC(=O)Nc4ncnn43)cc2)cc1. The number of carbonyl (C=O) groups excluding carboxylic acids is 2. The van der Waals surface area contributed by atoms with E-state index in [4.69, 9.17) is 4.74 Å². The smallest absolute Gasteiger partial charge is 0.262 e. The summed E-state index contributed by atoms with van der Waals surface area (Å²) >= 11 is 0. The van der Waals surface area contributed by atoms with Gasteiger partial charge in [0.2, 0.25) is 11.9 Å². The van der Waals surface area contributed by atoms with Crippen molar-refractivity contribution in [2.45, 2.75) is 19.4 Å². The number of amides is 2. The van der Waals surface area contributed by atoms with Gasteiger partial charge in [-0.2, -0.15) is 10.1 Å². The van der Waals surface area contributed by atoms with E-state index in [-0.39, 0.29) is 30.9 Å². The fourth-order valence-corrected chi connectivity index (χ4v) is 3.03. The Labute approximate surface area is 161 Å². The fourth-order valence-electron chi connectivity index (χ4n) is 3.03. The summed E-state index contributed by atoms with van der Waals surface area (Å²) in [6.07, 6.45) is 1.70. The van der Waals surface area contributed by atoms with Crippen molar-refractivity contribution in [2.24, 2.45) is 0 Å². The van der Waals surface area contributed by atoms with Crippen molar-refractivity contribution in [3.8, 4) is 5.75 Å². The lowest BCUT2D eigenvalue weighted by atomic mass is 10.0. The van der Waals surface area contributed by atoms with Gasteiger partial charge >= 0.3 is 0 Å². The molecule has 0 spiro atoms. The molecule has 2 N–H and O–H groups in total. The molecule has 142 valence electrons. The van der Waals surface area contributed by atoms with E-state index in [2.05, 4.69) is 20.7 Å². The molecule has 2 amide bonds. The van der Waals surface area contributed by atoms with Gasteiger partial charge in [0.25, 0.3) is 5.91 Å². The lowest BCUT2D eigenvalue weighted by Crippen LogP contribution is -2.29. The molecule has 0 fully saturated rings. The second-order valence-electron chi connectivity index (χ2n) is 6.57. The van der Waals surface area contributed by atoms with Crippen LogP contribution in [0.25, 0.3) is 0 Å². The van der Waals surface area contributed by atoms with E-state index in [9.17, 15) is 9.59 Å². The fraction of sp³-hybridized carbons (Fsp3) is 0.200. The zero-order valence-corrected chi connectivity index (χ0v) is 15.3. The van der Waals surface area contributed by atoms with Gasteiger partial charge in [0.15, 0.2) is 6.61 Å². The summed E-state index contributed by atoms with van der Waals surface area (Å²) < 4.78 is 7.24. The number of nitrogens with zero attached hydrogens (tertiary/aromatic N) is 3. The molecule has 0 aliphatic carbocycles. The lowest BCUT2D eigenvalue weighted by molar-refractivity contribution is -0.118. The van der Waals surface area contributed by atoms with E-state index in [0.717, 1.165) is 16.8 Å². The molecular weight excluding hydrogens is 358 g/mol. The highest BCUT2D eigenvalue weighted by atomic mass is 16.5. The van der Waals surface area contributed by atoms with Crippen LogP contribution in [0.4, 0.5) is 11.6 Å². The second kappa shape index (κ2) is 7.51. The number of nitrogens with one attached hydrogen (secondary N) is 2. The van der Waals surface area contributed by atoms with Crippen LogP contribution in [0.3, 0.4) is 0 Å². The number of hydrogen-bond donors (Lipinski definition) is 2. The molecule has 1 aromatic heterocycles. The van der Waals surface area contributed by atoms with Crippen LogP contribution in [0.2, 0.25) is 0 Å². The van der Waals surface area contributed by atoms with Crippen LogP contribution in [0.1, 0.15) is 23.6 Å². The predicted molar refractivity (Wildman–Crippen MR) is 103 cm³/mol. The first-order valence-corrected chi connectivity index (χ1v) is 8.87. The van der Waals surface area contributed by atoms with E-state index < -0.39 is 0 Å². The molecule has 28 heavy (non-hydrogen) atoms. The topological polar surface area (TPSA) is 98.1 Å². The third-order valence-corrected chi connectivity index (χ3v) is 4.47. The number of carbonyl (C=O) groups is 2. The van der Waals surface area contributed by atoms with Crippen molar-refractivity contribution in [3.05, 3.63) is 66.0 Å². The molecule has 0 radical (unpaired) electrons. The van der Waals surface area contributed by atoms with Crippen LogP contribution in [0.5, 0.6) is 5.75 Å². The summed E-state index contributed by atoms with van der Waals surface area (Å²) in [6.45, 7) is 1.90. The van der Waals surface area contributed by atoms with E-state index in [1.165, 1.54) is 6.33 Å². The highest BCUT2D eigenvalue weighted by Gasteiger charge is 2.27. The van der Waals surface area contributed by atoms with Crippen LogP contribution in [-0.4, -0.2) is 33.2 Å². The highest BCUT2D eigenvalue weighted by molar-refractivity contribution is 5.92. The maximum atomic E-state index is 12.0. The zero-order chi connectivity index (χ0) is 19.5. The van der Waals surface area contributed by atoms with Gasteiger partial charge in [-0.3, -0.25) is 14.9 Å². The molecule has 0 unspecified atom stereocenters. The average molecular weight is 377 g/mol. The van der Waals surface area contributed by atoms with Crippen LogP contribution in [-0.2, 0) is 9.59 Å². The molecule has 0 saturated heterocycles. The van der Waals surface area contributed by atoms with E-state index in [1.54, 1.807) is 16.8 Å². The number of benzene rings is 2. The van der Waals surface area contributed by atoms with Crippen molar-refractivity contribution < 1.29 is 14.3 Å². The molecular formula is C20H19N5O3. The first kappa shape index (κ1) is 17.7. The first-order valence-electron chi connectivity index (χ1n) is 8.87. The van der Waals surface area contributed by atoms with Gasteiger partial charge in [-0.15, -0.1) is 0 Å². The Balaban J connectivity index is 1.37. The molecule has 8 heteroatoms. The summed E-state index contributed by atoms with van der Waals surface area (Å²) in [5.41, 5.74) is 2.77. The van der Waals surface area contributed by atoms with Crippen molar-refractivity contribution in [1.82, 2.24) is 14.8 Å². The van der Waals surface area contributed by atoms with Gasteiger partial charge in [0.1, 0.15) is 12.1 Å². The van der Waals surface area contributed by atoms with Gasteiger partial charge in [0.05, 0.1) is 12.5 Å². The monoisotopic (exact) mass is 377 g/mol. The standard InChI is InChI=1S/C20H19N5O3/c1-13-2-6-15(7-3-13)23-19(27)11-28-16-8-4-14(5-9-16)17-10-18(26)24-20-21-12-22-25(17)20/h2-9,12,17H,10-11H2,1H3,(H,23,27)(H,21,22,24,26)/t17-/m1/s1. The van der Waals surface area contributed by atoms with Crippen molar-refractivity contribution in [3.63, 3.8) is 0 Å². The minimum atomic E-state index is -0.232. The molecule has 3 aromatic rings. The molecule has 1 aliphatic rings. The molecule has 0 bridgehead atoms. The summed E-state index contributed by atoms with van der Waals surface area (Å²) in [4.78, 5) is 27.9. The Morgan fingerprint density at radius 1 is 1.21 bits per heavy atom. The number of hydrogen-bond acceptors (Lipinski definition) is 5. The molecule has 0 saturated carbocycles. The third-order valence-electron chi connectivity index (χ3n) is 4.47. The number of aryl methyl sites for hydroxylation is 1. The maximum Gasteiger partial charge on any atom is 0.262 e. The third kappa shape index (κ3) is 3.85. The van der Waals surface area contributed by atoms with Gasteiger partial charge in [0, 0.05) is 5.69 Å². The van der Waals surface area contributed by atoms with Gasteiger partial charge in [-0.05, 0) is 36.8 Å². The molecule has 2 heterocycles. The Morgan fingerprint density at radius 3 is 2.71 bits per heavy atom. The maximum absolute atomic E-state index is 12.0. The van der Waals surface area contributed by atoms with Crippen molar-refractivity contribution in [1.29, 1.82) is 0 Å². The van der Waals surface area contributed by atoms with Crippen LogP contribution in [0.15, 0.2) is 54.9 Å². The van der Waals surface area contributed by atoms with E-state index >= 15 is 0 Å². The normalized spacial score (nSPS) is 15.5.